The first kappa shape index (κ1) is 36.3. The summed E-state index contributed by atoms with van der Waals surface area (Å²) in [5.41, 5.74) is 5.91. The van der Waals surface area contributed by atoms with Crippen molar-refractivity contribution in [2.24, 2.45) is 12.5 Å². The van der Waals surface area contributed by atoms with E-state index in [0.717, 1.165) is 18.4 Å². The van der Waals surface area contributed by atoms with Gasteiger partial charge in [-0.3, -0.25) is 29.0 Å². The van der Waals surface area contributed by atoms with Crippen molar-refractivity contribution in [3.8, 4) is 11.3 Å². The molecule has 15 heteroatoms. The lowest BCUT2D eigenvalue weighted by atomic mass is 9.90. The molecule has 3 amide bonds. The maximum absolute atomic E-state index is 13.9. The largest absolute Gasteiger partial charge is 0.392 e. The molecule has 4 aromatic rings. The number of likely N-dealkylation sites (N-methyl/N-ethyl adjacent to an activating group) is 1. The van der Waals surface area contributed by atoms with Crippen LogP contribution in [0.1, 0.15) is 52.8 Å². The molecule has 55 heavy (non-hydrogen) atoms. The van der Waals surface area contributed by atoms with E-state index in [9.17, 15) is 24.3 Å². The number of aliphatic hydroxyl groups is 1. The molecule has 0 saturated carbocycles. The zero-order valence-electron chi connectivity index (χ0n) is 31.5. The Balaban J connectivity index is 1.11. The minimum atomic E-state index is -0.416. The summed E-state index contributed by atoms with van der Waals surface area (Å²) in [5, 5.41) is 16.8. The van der Waals surface area contributed by atoms with Gasteiger partial charge in [0.15, 0.2) is 5.82 Å². The van der Waals surface area contributed by atoms with E-state index in [4.69, 9.17) is 9.72 Å². The number of ether oxygens (including phenoxy) is 1. The number of nitrogens with one attached hydrogen (secondary N) is 2. The molecule has 1 aromatic carbocycles. The smallest absolute Gasteiger partial charge is 0.293 e. The van der Waals surface area contributed by atoms with Crippen molar-refractivity contribution >= 4 is 40.7 Å². The molecule has 3 aliphatic heterocycles. The first-order valence-electron chi connectivity index (χ1n) is 18.5. The molecule has 3 aromatic heterocycles. The fraction of sp³-hybridized carbons (Fsp3) is 0.400. The first-order chi connectivity index (χ1) is 26.3. The van der Waals surface area contributed by atoms with Gasteiger partial charge in [0.05, 0.1) is 44.1 Å². The Morgan fingerprint density at radius 3 is 2.64 bits per heavy atom. The number of aliphatic hydroxyl groups excluding tert-OH is 1. The summed E-state index contributed by atoms with van der Waals surface area (Å²) in [5.74, 6) is -0.218. The molecule has 4 aliphatic rings. The number of benzene rings is 1. The molecule has 1 aliphatic carbocycles. The van der Waals surface area contributed by atoms with Gasteiger partial charge in [-0.05, 0) is 59.7 Å². The number of hydrogen-bond donors (Lipinski definition) is 3. The summed E-state index contributed by atoms with van der Waals surface area (Å²) in [6.07, 6.45) is 6.19. The van der Waals surface area contributed by atoms with Crippen molar-refractivity contribution in [1.29, 1.82) is 0 Å². The maximum atomic E-state index is 13.9. The van der Waals surface area contributed by atoms with Gasteiger partial charge >= 0.3 is 0 Å². The average Bonchev–Trinajstić information content (AvgIpc) is 3.63. The van der Waals surface area contributed by atoms with Gasteiger partial charge in [-0.25, -0.2) is 9.97 Å². The van der Waals surface area contributed by atoms with Crippen molar-refractivity contribution in [3.05, 3.63) is 93.8 Å². The normalized spacial score (nSPS) is 19.5. The first-order valence-corrected chi connectivity index (χ1v) is 18.5. The van der Waals surface area contributed by atoms with Gasteiger partial charge in [-0.2, -0.15) is 0 Å². The van der Waals surface area contributed by atoms with E-state index in [-0.39, 0.29) is 41.7 Å². The standard InChI is InChI=1S/C40H45N9O6/c1-6-34(51)43-29-14-24(7-8-27(29)33-18-45(4)35(52)19-49(33)25-21-55-22-25)42-36-39(54)46(5)17-30(44-36)26-9-10-41-37(28(26)20-50)48-12-11-47-31(38(48)53)13-23-15-40(2,3)16-32(23)47/h6-10,13-14,17,25,33,50H,1,11-12,15-16,18-22H2,2-5H3,(H,42,44)(H,43,51)/t33-/m1/s1. The second-order valence-electron chi connectivity index (χ2n) is 15.6. The van der Waals surface area contributed by atoms with Gasteiger partial charge in [0.25, 0.3) is 11.5 Å². The van der Waals surface area contributed by atoms with Crippen LogP contribution in [0.5, 0.6) is 0 Å². The molecule has 0 spiro atoms. The quantitative estimate of drug-likeness (QED) is 0.217. The Kier molecular flexibility index (Phi) is 9.18. The van der Waals surface area contributed by atoms with E-state index < -0.39 is 18.1 Å². The van der Waals surface area contributed by atoms with Crippen LogP contribution in [-0.4, -0.2) is 97.7 Å². The molecular formula is C40H45N9O6. The zero-order chi connectivity index (χ0) is 38.8. The number of aryl methyl sites for hydroxylation is 1. The van der Waals surface area contributed by atoms with Gasteiger partial charge in [0.2, 0.25) is 11.8 Å². The zero-order valence-corrected chi connectivity index (χ0v) is 31.5. The molecule has 0 bridgehead atoms. The second-order valence-corrected chi connectivity index (χ2v) is 15.6. The second kappa shape index (κ2) is 13.9. The highest BCUT2D eigenvalue weighted by molar-refractivity contribution is 6.06. The Bertz CT molecular complexity index is 2310. The molecule has 15 nitrogen and oxygen atoms in total. The van der Waals surface area contributed by atoms with E-state index in [1.165, 1.54) is 21.9 Å². The maximum Gasteiger partial charge on any atom is 0.293 e. The van der Waals surface area contributed by atoms with Crippen molar-refractivity contribution in [1.82, 2.24) is 28.9 Å². The van der Waals surface area contributed by atoms with E-state index in [2.05, 4.69) is 45.5 Å². The summed E-state index contributed by atoms with van der Waals surface area (Å²) in [6, 6.07) is 8.97. The van der Waals surface area contributed by atoms with Gasteiger partial charge in [0.1, 0.15) is 11.5 Å². The highest BCUT2D eigenvalue weighted by Gasteiger charge is 2.40. The summed E-state index contributed by atoms with van der Waals surface area (Å²) in [4.78, 5) is 67.5. The summed E-state index contributed by atoms with van der Waals surface area (Å²) in [7, 11) is 3.37. The topological polar surface area (TPSA) is 167 Å². The minimum absolute atomic E-state index is 0.00968. The van der Waals surface area contributed by atoms with Crippen molar-refractivity contribution in [3.63, 3.8) is 0 Å². The van der Waals surface area contributed by atoms with Crippen LogP contribution in [-0.2, 0) is 47.4 Å². The monoisotopic (exact) mass is 747 g/mol. The van der Waals surface area contributed by atoms with Crippen LogP contribution in [0.2, 0.25) is 0 Å². The molecule has 3 N–H and O–H groups in total. The number of fused-ring (bicyclic) bond motifs is 3. The fourth-order valence-corrected chi connectivity index (χ4v) is 8.32. The lowest BCUT2D eigenvalue weighted by Gasteiger charge is -2.47. The van der Waals surface area contributed by atoms with Gasteiger partial charge in [0, 0.05) is 74.3 Å². The molecule has 6 heterocycles. The van der Waals surface area contributed by atoms with Crippen molar-refractivity contribution < 1.29 is 24.2 Å². The highest BCUT2D eigenvalue weighted by atomic mass is 16.5. The summed E-state index contributed by atoms with van der Waals surface area (Å²) >= 11 is 0. The van der Waals surface area contributed by atoms with Crippen LogP contribution in [0, 0.1) is 5.41 Å². The molecular weight excluding hydrogens is 702 g/mol. The van der Waals surface area contributed by atoms with E-state index >= 15 is 0 Å². The SMILES string of the molecule is C=CC(=O)Nc1cc(Nc2nc(-c3ccnc(N4CCn5c(cc6c5CC(C)(C)C6)C4=O)c3CO)cn(C)c2=O)ccc1[C@H]1CN(C)C(=O)CN1C1COC1. The lowest BCUT2D eigenvalue weighted by Crippen LogP contribution is -2.59. The van der Waals surface area contributed by atoms with E-state index in [0.29, 0.717) is 72.6 Å². The molecule has 286 valence electrons. The van der Waals surface area contributed by atoms with Crippen LogP contribution in [0.15, 0.2) is 60.2 Å². The minimum Gasteiger partial charge on any atom is -0.392 e. The third-order valence-electron chi connectivity index (χ3n) is 11.2. The molecule has 1 atom stereocenters. The molecule has 2 fully saturated rings. The predicted molar refractivity (Wildman–Crippen MR) is 206 cm³/mol. The molecule has 2 saturated heterocycles. The Labute approximate surface area is 318 Å². The number of pyridine rings is 1. The molecule has 0 radical (unpaired) electrons. The Morgan fingerprint density at radius 2 is 1.91 bits per heavy atom. The van der Waals surface area contributed by atoms with Gasteiger partial charge < -0.3 is 34.5 Å². The van der Waals surface area contributed by atoms with Crippen LogP contribution < -0.4 is 21.1 Å². The lowest BCUT2D eigenvalue weighted by molar-refractivity contribution is -0.147. The van der Waals surface area contributed by atoms with Crippen LogP contribution in [0.25, 0.3) is 11.3 Å². The number of piperazine rings is 1. The average molecular weight is 748 g/mol. The number of rotatable bonds is 9. The van der Waals surface area contributed by atoms with Crippen molar-refractivity contribution in [2.45, 2.75) is 51.9 Å². The molecule has 8 rings (SSSR count). The fourth-order valence-electron chi connectivity index (χ4n) is 8.32. The van der Waals surface area contributed by atoms with Crippen LogP contribution in [0.4, 0.5) is 23.0 Å². The summed E-state index contributed by atoms with van der Waals surface area (Å²) < 4.78 is 8.98. The molecule has 0 unspecified atom stereocenters. The van der Waals surface area contributed by atoms with Gasteiger partial charge in [-0.1, -0.05) is 26.5 Å². The predicted octanol–water partition coefficient (Wildman–Crippen LogP) is 3.00. The Hall–Kier alpha value is -5.64. The van der Waals surface area contributed by atoms with E-state index in [1.54, 1.807) is 54.5 Å². The Morgan fingerprint density at radius 1 is 1.11 bits per heavy atom. The third kappa shape index (κ3) is 6.51. The third-order valence-corrected chi connectivity index (χ3v) is 11.2. The van der Waals surface area contributed by atoms with Crippen molar-refractivity contribution in [2.75, 3.05) is 55.4 Å². The van der Waals surface area contributed by atoms with Crippen LogP contribution >= 0.6 is 0 Å². The number of amides is 3. The highest BCUT2D eigenvalue weighted by Crippen LogP contribution is 2.40. The number of hydrogen-bond acceptors (Lipinski definition) is 10. The number of carbonyl (C=O) groups is 3. The number of aromatic nitrogens is 4. The number of anilines is 4. The van der Waals surface area contributed by atoms with E-state index in [1.807, 2.05) is 12.1 Å². The van der Waals surface area contributed by atoms with Gasteiger partial charge in [-0.15, -0.1) is 0 Å². The summed E-state index contributed by atoms with van der Waals surface area (Å²) in [6.45, 7) is 10.4. The van der Waals surface area contributed by atoms with Crippen LogP contribution in [0.3, 0.4) is 0 Å². The number of nitrogens with zero attached hydrogens (tertiary/aromatic N) is 7. The number of carbonyl (C=O) groups excluding carboxylic acids is 3.